The van der Waals surface area contributed by atoms with Crippen LogP contribution in [0.5, 0.6) is 0 Å². The highest BCUT2D eigenvalue weighted by atomic mass is 35.5. The molecule has 108 valence electrons. The maximum atomic E-state index is 5.98. The molecule has 4 heteroatoms. The van der Waals surface area contributed by atoms with Gasteiger partial charge in [0, 0.05) is 34.7 Å². The Hall–Kier alpha value is -2.52. The topological polar surface area (TPSA) is 22.8 Å². The van der Waals surface area contributed by atoms with Crippen LogP contribution in [0.25, 0.3) is 27.8 Å². The van der Waals surface area contributed by atoms with Gasteiger partial charge in [0.15, 0.2) is 0 Å². The van der Waals surface area contributed by atoms with Crippen molar-refractivity contribution in [2.45, 2.75) is 0 Å². The van der Waals surface area contributed by atoms with Gasteiger partial charge in [-0.25, -0.2) is 4.68 Å². The van der Waals surface area contributed by atoms with Gasteiger partial charge >= 0.3 is 0 Å². The van der Waals surface area contributed by atoms with Gasteiger partial charge in [0.25, 0.3) is 0 Å². The monoisotopic (exact) mass is 307 g/mol. The second-order valence-electron chi connectivity index (χ2n) is 5.28. The standard InChI is InChI=1S/C18H14ClN3/c1-21-12-16(15-4-2-3-5-17(15)21)18-10-11-20-22(18)14-8-6-13(19)7-9-14/h2-12H,1H3. The number of para-hydroxylation sites is 1. The van der Waals surface area contributed by atoms with E-state index in [-0.39, 0.29) is 0 Å². The number of aryl methyl sites for hydroxylation is 1. The van der Waals surface area contributed by atoms with Gasteiger partial charge in [-0.1, -0.05) is 29.8 Å². The fourth-order valence-electron chi connectivity index (χ4n) is 2.84. The Labute approximate surface area is 133 Å². The average Bonchev–Trinajstić information content (AvgIpc) is 3.13. The summed E-state index contributed by atoms with van der Waals surface area (Å²) in [4.78, 5) is 0. The summed E-state index contributed by atoms with van der Waals surface area (Å²) in [5, 5.41) is 6.42. The summed E-state index contributed by atoms with van der Waals surface area (Å²) in [6.45, 7) is 0. The molecule has 0 fully saturated rings. The lowest BCUT2D eigenvalue weighted by molar-refractivity contribution is 0.887. The highest BCUT2D eigenvalue weighted by Gasteiger charge is 2.13. The van der Waals surface area contributed by atoms with Crippen molar-refractivity contribution in [2.24, 2.45) is 7.05 Å². The van der Waals surface area contributed by atoms with Crippen LogP contribution in [0.3, 0.4) is 0 Å². The Morgan fingerprint density at radius 3 is 2.55 bits per heavy atom. The minimum absolute atomic E-state index is 0.725. The molecule has 0 saturated carbocycles. The zero-order chi connectivity index (χ0) is 15.1. The Balaban J connectivity index is 1.94. The van der Waals surface area contributed by atoms with Crippen molar-refractivity contribution in [1.29, 1.82) is 0 Å². The van der Waals surface area contributed by atoms with Crippen molar-refractivity contribution in [1.82, 2.24) is 14.3 Å². The summed E-state index contributed by atoms with van der Waals surface area (Å²) in [5.41, 5.74) is 4.45. The first-order valence-corrected chi connectivity index (χ1v) is 7.46. The molecule has 2 aromatic carbocycles. The number of halogens is 1. The van der Waals surface area contributed by atoms with Crippen LogP contribution in [0, 0.1) is 0 Å². The van der Waals surface area contributed by atoms with Crippen LogP contribution in [0.4, 0.5) is 0 Å². The van der Waals surface area contributed by atoms with Crippen molar-refractivity contribution in [3.63, 3.8) is 0 Å². The third-order valence-electron chi connectivity index (χ3n) is 3.89. The Morgan fingerprint density at radius 1 is 0.955 bits per heavy atom. The van der Waals surface area contributed by atoms with Crippen LogP contribution in [0.2, 0.25) is 5.02 Å². The molecule has 0 N–H and O–H groups in total. The maximum absolute atomic E-state index is 5.98. The molecule has 0 atom stereocenters. The summed E-state index contributed by atoms with van der Waals surface area (Å²) >= 11 is 5.98. The number of nitrogens with zero attached hydrogens (tertiary/aromatic N) is 3. The van der Waals surface area contributed by atoms with E-state index in [0.29, 0.717) is 0 Å². The lowest BCUT2D eigenvalue weighted by Gasteiger charge is -2.07. The van der Waals surface area contributed by atoms with Crippen LogP contribution in [-0.2, 0) is 7.05 Å². The first kappa shape index (κ1) is 13.2. The molecule has 0 radical (unpaired) electrons. The van der Waals surface area contributed by atoms with Gasteiger partial charge < -0.3 is 4.57 Å². The summed E-state index contributed by atoms with van der Waals surface area (Å²) in [5.74, 6) is 0. The number of aromatic nitrogens is 3. The Bertz CT molecular complexity index is 948. The second-order valence-corrected chi connectivity index (χ2v) is 5.71. The minimum Gasteiger partial charge on any atom is -0.350 e. The molecule has 0 bridgehead atoms. The van der Waals surface area contributed by atoms with Crippen LogP contribution < -0.4 is 0 Å². The van der Waals surface area contributed by atoms with Crippen molar-refractivity contribution in [3.05, 3.63) is 72.0 Å². The second kappa shape index (κ2) is 5.04. The zero-order valence-corrected chi connectivity index (χ0v) is 12.8. The smallest absolute Gasteiger partial charge is 0.0762 e. The number of hydrogen-bond acceptors (Lipinski definition) is 1. The lowest BCUT2D eigenvalue weighted by Crippen LogP contribution is -1.98. The van der Waals surface area contributed by atoms with E-state index >= 15 is 0 Å². The van der Waals surface area contributed by atoms with Gasteiger partial charge in [0.05, 0.1) is 17.6 Å². The zero-order valence-electron chi connectivity index (χ0n) is 12.1. The van der Waals surface area contributed by atoms with E-state index in [2.05, 4.69) is 47.2 Å². The predicted octanol–water partition coefficient (Wildman–Crippen LogP) is 4.68. The molecule has 4 rings (SSSR count). The molecule has 2 heterocycles. The first-order valence-electron chi connectivity index (χ1n) is 7.08. The molecule has 0 aliphatic heterocycles. The van der Waals surface area contributed by atoms with Crippen LogP contribution in [0.15, 0.2) is 67.0 Å². The molecule has 22 heavy (non-hydrogen) atoms. The van der Waals surface area contributed by atoms with Crippen molar-refractivity contribution < 1.29 is 0 Å². The third-order valence-corrected chi connectivity index (χ3v) is 4.14. The summed E-state index contributed by atoms with van der Waals surface area (Å²) in [6.07, 6.45) is 3.97. The number of rotatable bonds is 2. The normalized spacial score (nSPS) is 11.2. The minimum atomic E-state index is 0.725. The van der Waals surface area contributed by atoms with E-state index in [4.69, 9.17) is 11.6 Å². The number of hydrogen-bond donors (Lipinski definition) is 0. The van der Waals surface area contributed by atoms with Gasteiger partial charge in [0.2, 0.25) is 0 Å². The SMILES string of the molecule is Cn1cc(-c2ccnn2-c2ccc(Cl)cc2)c2ccccc21. The van der Waals surface area contributed by atoms with E-state index in [9.17, 15) is 0 Å². The van der Waals surface area contributed by atoms with Crippen LogP contribution in [-0.4, -0.2) is 14.3 Å². The number of benzene rings is 2. The van der Waals surface area contributed by atoms with Crippen molar-refractivity contribution in [3.8, 4) is 16.9 Å². The molecule has 4 aromatic rings. The van der Waals surface area contributed by atoms with E-state index in [1.54, 1.807) is 0 Å². The molecule has 0 aliphatic carbocycles. The van der Waals surface area contributed by atoms with Gasteiger partial charge in [-0.05, 0) is 36.4 Å². The molecule has 3 nitrogen and oxygen atoms in total. The molecule has 2 aromatic heterocycles. The summed E-state index contributed by atoms with van der Waals surface area (Å²) in [6, 6.07) is 18.1. The third kappa shape index (κ3) is 2.02. The lowest BCUT2D eigenvalue weighted by atomic mass is 10.1. The molecule has 0 saturated heterocycles. The molecule has 0 spiro atoms. The van der Waals surface area contributed by atoms with Gasteiger partial charge in [-0.2, -0.15) is 5.10 Å². The average molecular weight is 308 g/mol. The quantitative estimate of drug-likeness (QED) is 0.527. The Morgan fingerprint density at radius 2 is 1.73 bits per heavy atom. The van der Waals surface area contributed by atoms with E-state index < -0.39 is 0 Å². The van der Waals surface area contributed by atoms with Gasteiger partial charge in [0.1, 0.15) is 0 Å². The molecule has 0 aliphatic rings. The van der Waals surface area contributed by atoms with Crippen molar-refractivity contribution >= 4 is 22.5 Å². The molecular weight excluding hydrogens is 294 g/mol. The first-order chi connectivity index (χ1) is 10.7. The molecule has 0 amide bonds. The molecular formula is C18H14ClN3. The highest BCUT2D eigenvalue weighted by molar-refractivity contribution is 6.30. The van der Waals surface area contributed by atoms with E-state index in [1.165, 1.54) is 16.5 Å². The fraction of sp³-hybridized carbons (Fsp3) is 0.0556. The summed E-state index contributed by atoms with van der Waals surface area (Å²) < 4.78 is 4.09. The largest absolute Gasteiger partial charge is 0.350 e. The number of fused-ring (bicyclic) bond motifs is 1. The summed E-state index contributed by atoms with van der Waals surface area (Å²) in [7, 11) is 2.06. The predicted molar refractivity (Wildman–Crippen MR) is 90.5 cm³/mol. The maximum Gasteiger partial charge on any atom is 0.0762 e. The van der Waals surface area contributed by atoms with E-state index in [1.807, 2.05) is 41.2 Å². The van der Waals surface area contributed by atoms with Gasteiger partial charge in [-0.15, -0.1) is 0 Å². The Kier molecular flexibility index (Phi) is 3.01. The molecule has 0 unspecified atom stereocenters. The van der Waals surface area contributed by atoms with Crippen LogP contribution >= 0.6 is 11.6 Å². The fourth-order valence-corrected chi connectivity index (χ4v) is 2.97. The van der Waals surface area contributed by atoms with E-state index in [0.717, 1.165) is 16.4 Å². The highest BCUT2D eigenvalue weighted by Crippen LogP contribution is 2.31. The van der Waals surface area contributed by atoms with Crippen molar-refractivity contribution in [2.75, 3.05) is 0 Å². The van der Waals surface area contributed by atoms with Crippen LogP contribution in [0.1, 0.15) is 0 Å². The van der Waals surface area contributed by atoms with Gasteiger partial charge in [-0.3, -0.25) is 0 Å².